The van der Waals surface area contributed by atoms with E-state index in [1.807, 2.05) is 24.3 Å². The summed E-state index contributed by atoms with van der Waals surface area (Å²) in [6, 6.07) is 9.63. The molecular formula is C29H31N3O5. The molecule has 1 saturated heterocycles. The Hall–Kier alpha value is -3.22. The standard InChI is InChI=1S/C29H31N3O5/c1-35-24-13-31-14-25-27(24)28(34)23(12-32-21-16-36-17-21)22(15-33)26(19-5-3-2-4-6-19)29(28,37-25)20-9-7-18(11-30)8-10-20/h2-5,7-10,13-14,19,21-23,26,32-34H,6,12,15-17H2,1H3/t19?,22-,23-,26+,28+,29-/m0/s1. The smallest absolute Gasteiger partial charge is 0.171 e. The maximum absolute atomic E-state index is 13.2. The number of hydrogen-bond donors (Lipinski definition) is 3. The molecule has 2 aliphatic carbocycles. The molecule has 1 aromatic carbocycles. The third-order valence-electron chi connectivity index (χ3n) is 8.69. The molecule has 6 rings (SSSR count). The number of ether oxygens (including phenoxy) is 3. The minimum atomic E-state index is -1.55. The molecule has 192 valence electrons. The molecule has 37 heavy (non-hydrogen) atoms. The number of pyridine rings is 1. The maximum atomic E-state index is 13.2. The number of allylic oxidation sites excluding steroid dienone is 4. The summed E-state index contributed by atoms with van der Waals surface area (Å²) in [5.74, 6) is -0.0476. The average molecular weight is 502 g/mol. The second-order valence-electron chi connectivity index (χ2n) is 10.3. The van der Waals surface area contributed by atoms with E-state index in [1.165, 1.54) is 0 Å². The largest absolute Gasteiger partial charge is 0.495 e. The first kappa shape index (κ1) is 24.1. The second-order valence-corrected chi connectivity index (χ2v) is 10.3. The molecule has 8 nitrogen and oxygen atoms in total. The summed E-state index contributed by atoms with van der Waals surface area (Å²) in [6.45, 7) is 1.59. The zero-order valence-electron chi connectivity index (χ0n) is 20.7. The third kappa shape index (κ3) is 3.39. The summed E-state index contributed by atoms with van der Waals surface area (Å²) >= 11 is 0. The first-order chi connectivity index (χ1) is 18.1. The molecule has 2 aliphatic heterocycles. The molecular weight excluding hydrogens is 470 g/mol. The van der Waals surface area contributed by atoms with Crippen molar-refractivity contribution in [2.45, 2.75) is 23.7 Å². The van der Waals surface area contributed by atoms with Gasteiger partial charge in [-0.05, 0) is 36.0 Å². The molecule has 1 saturated carbocycles. The van der Waals surface area contributed by atoms with Crippen molar-refractivity contribution < 1.29 is 24.4 Å². The lowest BCUT2D eigenvalue weighted by Gasteiger charge is -2.44. The first-order valence-electron chi connectivity index (χ1n) is 12.8. The van der Waals surface area contributed by atoms with Crippen molar-refractivity contribution in [3.8, 4) is 17.6 Å². The van der Waals surface area contributed by atoms with Crippen molar-refractivity contribution in [3.05, 3.63) is 77.7 Å². The number of aliphatic hydroxyl groups excluding tert-OH is 1. The molecule has 1 unspecified atom stereocenters. The van der Waals surface area contributed by atoms with E-state index in [-0.39, 0.29) is 30.4 Å². The molecule has 3 N–H and O–H groups in total. The lowest BCUT2D eigenvalue weighted by Crippen LogP contribution is -2.55. The van der Waals surface area contributed by atoms with Crippen LogP contribution in [0, 0.1) is 35.0 Å². The number of nitrogens with zero attached hydrogens (tertiary/aromatic N) is 2. The Bertz CT molecular complexity index is 1270. The summed E-state index contributed by atoms with van der Waals surface area (Å²) in [6.07, 6.45) is 12.3. The molecule has 0 radical (unpaired) electrons. The summed E-state index contributed by atoms with van der Waals surface area (Å²) in [7, 11) is 1.56. The molecule has 1 aromatic heterocycles. The fourth-order valence-corrected chi connectivity index (χ4v) is 7.05. The van der Waals surface area contributed by atoms with Crippen LogP contribution >= 0.6 is 0 Å². The number of aromatic nitrogens is 1. The number of nitriles is 1. The lowest BCUT2D eigenvalue weighted by atomic mass is 9.67. The molecule has 8 heteroatoms. The van der Waals surface area contributed by atoms with Gasteiger partial charge < -0.3 is 29.7 Å². The molecule has 2 fully saturated rings. The Morgan fingerprint density at radius 1 is 1.22 bits per heavy atom. The predicted octanol–water partition coefficient (Wildman–Crippen LogP) is 2.41. The number of methoxy groups -OCH3 is 1. The van der Waals surface area contributed by atoms with E-state index >= 15 is 0 Å². The van der Waals surface area contributed by atoms with Crippen molar-refractivity contribution in [1.29, 1.82) is 5.26 Å². The number of aliphatic hydroxyl groups is 2. The fourth-order valence-electron chi connectivity index (χ4n) is 7.05. The highest BCUT2D eigenvalue weighted by atomic mass is 16.5. The highest BCUT2D eigenvalue weighted by Gasteiger charge is 2.76. The van der Waals surface area contributed by atoms with Crippen LogP contribution in [0.1, 0.15) is 23.1 Å². The van der Waals surface area contributed by atoms with Gasteiger partial charge in [0.25, 0.3) is 0 Å². The van der Waals surface area contributed by atoms with Crippen LogP contribution in [0.15, 0.2) is 61.0 Å². The highest BCUT2D eigenvalue weighted by Crippen LogP contribution is 2.70. The number of benzene rings is 1. The second kappa shape index (κ2) is 9.26. The van der Waals surface area contributed by atoms with Gasteiger partial charge in [-0.2, -0.15) is 5.26 Å². The summed E-state index contributed by atoms with van der Waals surface area (Å²) in [5.41, 5.74) is -0.948. The minimum Gasteiger partial charge on any atom is -0.495 e. The van der Waals surface area contributed by atoms with Crippen LogP contribution in [0.5, 0.6) is 11.5 Å². The van der Waals surface area contributed by atoms with Crippen molar-refractivity contribution in [3.63, 3.8) is 0 Å². The molecule has 0 amide bonds. The highest BCUT2D eigenvalue weighted by molar-refractivity contribution is 5.57. The van der Waals surface area contributed by atoms with E-state index in [4.69, 9.17) is 14.2 Å². The van der Waals surface area contributed by atoms with Gasteiger partial charge in [-0.15, -0.1) is 0 Å². The quantitative estimate of drug-likeness (QED) is 0.530. The Morgan fingerprint density at radius 2 is 2.03 bits per heavy atom. The van der Waals surface area contributed by atoms with E-state index in [9.17, 15) is 15.5 Å². The Morgan fingerprint density at radius 3 is 2.65 bits per heavy atom. The van der Waals surface area contributed by atoms with E-state index in [0.717, 1.165) is 12.0 Å². The Labute approximate surface area is 216 Å². The van der Waals surface area contributed by atoms with Gasteiger partial charge in [0, 0.05) is 25.0 Å². The summed E-state index contributed by atoms with van der Waals surface area (Å²) in [5, 5.41) is 37.1. The molecule has 4 aliphatic rings. The Balaban J connectivity index is 1.60. The first-order valence-corrected chi connectivity index (χ1v) is 12.8. The van der Waals surface area contributed by atoms with E-state index in [2.05, 4.69) is 28.5 Å². The molecule has 6 atom stereocenters. The van der Waals surface area contributed by atoms with Crippen LogP contribution in [0.25, 0.3) is 0 Å². The predicted molar refractivity (Wildman–Crippen MR) is 135 cm³/mol. The fraction of sp³-hybridized carbons (Fsp3) is 0.448. The van der Waals surface area contributed by atoms with Gasteiger partial charge in [0.05, 0.1) is 56.0 Å². The van der Waals surface area contributed by atoms with E-state index in [1.54, 1.807) is 31.6 Å². The number of rotatable bonds is 7. The van der Waals surface area contributed by atoms with Crippen LogP contribution in [0.2, 0.25) is 0 Å². The zero-order chi connectivity index (χ0) is 25.6. The SMILES string of the molecule is COc1cncc2c1[C@]1(O)[C@@H](CNC3COC3)[C@H](CO)[C@@H](C3C=CC=CC3)[C@]1(c1ccc(C#N)cc1)O2. The Kier molecular flexibility index (Phi) is 6.04. The van der Waals surface area contributed by atoms with Gasteiger partial charge in [0.15, 0.2) is 5.60 Å². The van der Waals surface area contributed by atoms with E-state index in [0.29, 0.717) is 42.4 Å². The maximum Gasteiger partial charge on any atom is 0.171 e. The van der Waals surface area contributed by atoms with Crippen molar-refractivity contribution in [2.75, 3.05) is 33.5 Å². The molecule has 2 aromatic rings. The van der Waals surface area contributed by atoms with Crippen LogP contribution in [0.4, 0.5) is 0 Å². The lowest BCUT2D eigenvalue weighted by molar-refractivity contribution is -0.143. The minimum absolute atomic E-state index is 0.00891. The number of fused-ring (bicyclic) bond motifs is 3. The summed E-state index contributed by atoms with van der Waals surface area (Å²) in [4.78, 5) is 4.33. The van der Waals surface area contributed by atoms with Gasteiger partial charge in [-0.3, -0.25) is 4.98 Å². The van der Waals surface area contributed by atoms with Crippen molar-refractivity contribution >= 4 is 0 Å². The van der Waals surface area contributed by atoms with Crippen molar-refractivity contribution in [1.82, 2.24) is 10.3 Å². The zero-order valence-corrected chi connectivity index (χ0v) is 20.7. The van der Waals surface area contributed by atoms with Gasteiger partial charge in [-0.25, -0.2) is 0 Å². The molecule has 0 bridgehead atoms. The van der Waals surface area contributed by atoms with Crippen LogP contribution < -0.4 is 14.8 Å². The van der Waals surface area contributed by atoms with Gasteiger partial charge >= 0.3 is 0 Å². The van der Waals surface area contributed by atoms with Crippen LogP contribution in [0.3, 0.4) is 0 Å². The van der Waals surface area contributed by atoms with Gasteiger partial charge in [0.2, 0.25) is 0 Å². The molecule has 0 spiro atoms. The third-order valence-corrected chi connectivity index (χ3v) is 8.69. The van der Waals surface area contributed by atoms with Gasteiger partial charge in [-0.1, -0.05) is 36.4 Å². The topological polar surface area (TPSA) is 117 Å². The van der Waals surface area contributed by atoms with Gasteiger partial charge in [0.1, 0.15) is 17.1 Å². The monoisotopic (exact) mass is 501 g/mol. The normalized spacial score (nSPS) is 33.8. The number of hydrogen-bond acceptors (Lipinski definition) is 8. The average Bonchev–Trinajstić information content (AvgIpc) is 3.30. The van der Waals surface area contributed by atoms with Crippen LogP contribution in [-0.2, 0) is 15.9 Å². The van der Waals surface area contributed by atoms with E-state index < -0.39 is 17.1 Å². The van der Waals surface area contributed by atoms with Crippen LogP contribution in [-0.4, -0.2) is 54.7 Å². The number of nitrogens with one attached hydrogen (secondary N) is 1. The summed E-state index contributed by atoms with van der Waals surface area (Å²) < 4.78 is 18.0. The van der Waals surface area contributed by atoms with Crippen molar-refractivity contribution in [2.24, 2.45) is 23.7 Å². The molecule has 3 heterocycles.